The van der Waals surface area contributed by atoms with Crippen LogP contribution in [0.15, 0.2) is 78.9 Å². The van der Waals surface area contributed by atoms with Crippen LogP contribution in [0.4, 0.5) is 0 Å². The van der Waals surface area contributed by atoms with Gasteiger partial charge in [0.1, 0.15) is 11.5 Å². The van der Waals surface area contributed by atoms with Crippen molar-refractivity contribution < 1.29 is 9.53 Å². The van der Waals surface area contributed by atoms with E-state index in [0.717, 1.165) is 17.7 Å². The summed E-state index contributed by atoms with van der Waals surface area (Å²) in [5.74, 6) is 1.37. The first-order valence-corrected chi connectivity index (χ1v) is 8.44. The summed E-state index contributed by atoms with van der Waals surface area (Å²) in [5, 5.41) is 3.63. The van der Waals surface area contributed by atoms with Gasteiger partial charge in [-0.05, 0) is 60.5 Å². The van der Waals surface area contributed by atoms with Gasteiger partial charge < -0.3 is 10.1 Å². The Morgan fingerprint density at radius 2 is 1.48 bits per heavy atom. The molecule has 0 unspecified atom stereocenters. The van der Waals surface area contributed by atoms with Gasteiger partial charge in [0.2, 0.25) is 0 Å². The molecule has 0 atom stereocenters. The zero-order valence-electron chi connectivity index (χ0n) is 13.6. The zero-order chi connectivity index (χ0) is 17.5. The molecule has 3 aromatic carbocycles. The first kappa shape index (κ1) is 17.1. The van der Waals surface area contributed by atoms with Gasteiger partial charge in [0.25, 0.3) is 5.91 Å². The van der Waals surface area contributed by atoms with Crippen molar-refractivity contribution in [2.24, 2.45) is 0 Å². The third-order valence-electron chi connectivity index (χ3n) is 3.71. The van der Waals surface area contributed by atoms with Crippen molar-refractivity contribution in [3.05, 3.63) is 95.0 Å². The average molecular weight is 352 g/mol. The molecule has 0 radical (unpaired) electrons. The molecular weight excluding hydrogens is 334 g/mol. The number of para-hydroxylation sites is 1. The number of ether oxygens (including phenoxy) is 1. The number of carbonyl (C=O) groups excluding carboxylic acids is 1. The maximum atomic E-state index is 12.2. The predicted molar refractivity (Wildman–Crippen MR) is 100 cm³/mol. The highest BCUT2D eigenvalue weighted by Crippen LogP contribution is 2.21. The maximum absolute atomic E-state index is 12.2. The molecule has 0 aliphatic heterocycles. The molecule has 3 nitrogen and oxygen atoms in total. The zero-order valence-corrected chi connectivity index (χ0v) is 14.4. The third-order valence-corrected chi connectivity index (χ3v) is 3.96. The molecule has 1 N–H and O–H groups in total. The standard InChI is InChI=1S/C21H18ClNO2/c22-18-10-6-16(7-11-18)14-15-23-21(24)17-8-12-20(13-9-17)25-19-4-2-1-3-5-19/h1-13H,14-15H2,(H,23,24). The fourth-order valence-electron chi connectivity index (χ4n) is 2.37. The predicted octanol–water partition coefficient (Wildman–Crippen LogP) is 5.10. The van der Waals surface area contributed by atoms with Gasteiger partial charge in [-0.2, -0.15) is 0 Å². The number of hydrogen-bond donors (Lipinski definition) is 1. The van der Waals surface area contributed by atoms with E-state index in [-0.39, 0.29) is 5.91 Å². The van der Waals surface area contributed by atoms with Gasteiger partial charge >= 0.3 is 0 Å². The maximum Gasteiger partial charge on any atom is 0.251 e. The van der Waals surface area contributed by atoms with Gasteiger partial charge in [-0.3, -0.25) is 4.79 Å². The van der Waals surface area contributed by atoms with Crippen molar-refractivity contribution in [2.45, 2.75) is 6.42 Å². The summed E-state index contributed by atoms with van der Waals surface area (Å²) in [6, 6.07) is 24.3. The molecule has 0 bridgehead atoms. The first-order valence-electron chi connectivity index (χ1n) is 8.06. The van der Waals surface area contributed by atoms with E-state index in [1.165, 1.54) is 0 Å². The van der Waals surface area contributed by atoms with Crippen LogP contribution >= 0.6 is 11.6 Å². The summed E-state index contributed by atoms with van der Waals surface area (Å²) in [4.78, 5) is 12.2. The Morgan fingerprint density at radius 3 is 2.16 bits per heavy atom. The molecule has 0 spiro atoms. The largest absolute Gasteiger partial charge is 0.457 e. The van der Waals surface area contributed by atoms with Crippen molar-refractivity contribution in [3.8, 4) is 11.5 Å². The summed E-state index contributed by atoms with van der Waals surface area (Å²) >= 11 is 5.86. The second kappa shape index (κ2) is 8.36. The summed E-state index contributed by atoms with van der Waals surface area (Å²) in [6.07, 6.45) is 0.762. The second-order valence-corrected chi connectivity index (χ2v) is 6.01. The molecule has 0 saturated carbocycles. The number of benzene rings is 3. The quantitative estimate of drug-likeness (QED) is 0.670. The third kappa shape index (κ3) is 5.10. The lowest BCUT2D eigenvalue weighted by Gasteiger charge is -2.08. The number of carbonyl (C=O) groups is 1. The minimum Gasteiger partial charge on any atom is -0.457 e. The average Bonchev–Trinajstić information content (AvgIpc) is 2.65. The Hall–Kier alpha value is -2.78. The molecule has 3 rings (SSSR count). The van der Waals surface area contributed by atoms with Crippen molar-refractivity contribution in [1.82, 2.24) is 5.32 Å². The van der Waals surface area contributed by atoms with Gasteiger partial charge in [0.15, 0.2) is 0 Å². The van der Waals surface area contributed by atoms with Crippen molar-refractivity contribution in [3.63, 3.8) is 0 Å². The van der Waals surface area contributed by atoms with Gasteiger partial charge in [-0.15, -0.1) is 0 Å². The van der Waals surface area contributed by atoms with Gasteiger partial charge in [0, 0.05) is 17.1 Å². The lowest BCUT2D eigenvalue weighted by atomic mass is 10.1. The van der Waals surface area contributed by atoms with Crippen molar-refractivity contribution in [1.29, 1.82) is 0 Å². The summed E-state index contributed by atoms with van der Waals surface area (Å²) in [7, 11) is 0. The molecule has 0 aliphatic rings. The molecule has 0 heterocycles. The van der Waals surface area contributed by atoms with Gasteiger partial charge in [-0.1, -0.05) is 41.9 Å². The molecule has 0 saturated heterocycles. The van der Waals surface area contributed by atoms with Crippen molar-refractivity contribution in [2.75, 3.05) is 6.54 Å². The van der Waals surface area contributed by atoms with E-state index >= 15 is 0 Å². The van der Waals surface area contributed by atoms with E-state index in [1.54, 1.807) is 24.3 Å². The topological polar surface area (TPSA) is 38.3 Å². The van der Waals surface area contributed by atoms with Crippen LogP contribution in [-0.4, -0.2) is 12.5 Å². The highest BCUT2D eigenvalue weighted by atomic mass is 35.5. The molecule has 4 heteroatoms. The van der Waals surface area contributed by atoms with E-state index in [9.17, 15) is 4.79 Å². The highest BCUT2D eigenvalue weighted by Gasteiger charge is 2.05. The van der Waals surface area contributed by atoms with E-state index < -0.39 is 0 Å². The molecule has 3 aromatic rings. The molecule has 126 valence electrons. The van der Waals surface area contributed by atoms with Crippen LogP contribution in [0.25, 0.3) is 0 Å². The Balaban J connectivity index is 1.51. The Kier molecular flexibility index (Phi) is 5.70. The molecule has 0 fully saturated rings. The Labute approximate surface area is 152 Å². The van der Waals surface area contributed by atoms with Crippen LogP contribution < -0.4 is 10.1 Å². The summed E-state index contributed by atoms with van der Waals surface area (Å²) in [5.41, 5.74) is 1.74. The normalized spacial score (nSPS) is 10.3. The summed E-state index contributed by atoms with van der Waals surface area (Å²) < 4.78 is 5.72. The van der Waals surface area contributed by atoms with E-state index in [1.807, 2.05) is 54.6 Å². The molecule has 25 heavy (non-hydrogen) atoms. The van der Waals surface area contributed by atoms with Crippen LogP contribution in [0.3, 0.4) is 0 Å². The van der Waals surface area contributed by atoms with Crippen LogP contribution in [0.5, 0.6) is 11.5 Å². The first-order chi connectivity index (χ1) is 12.2. The Morgan fingerprint density at radius 1 is 0.840 bits per heavy atom. The number of hydrogen-bond acceptors (Lipinski definition) is 2. The monoisotopic (exact) mass is 351 g/mol. The molecule has 1 amide bonds. The van der Waals surface area contributed by atoms with Gasteiger partial charge in [0.05, 0.1) is 0 Å². The number of nitrogens with one attached hydrogen (secondary N) is 1. The fraction of sp³-hybridized carbons (Fsp3) is 0.0952. The number of amides is 1. The molecule has 0 aromatic heterocycles. The van der Waals surface area contributed by atoms with Gasteiger partial charge in [-0.25, -0.2) is 0 Å². The summed E-state index contributed by atoms with van der Waals surface area (Å²) in [6.45, 7) is 0.572. The lowest BCUT2D eigenvalue weighted by molar-refractivity contribution is 0.0954. The SMILES string of the molecule is O=C(NCCc1ccc(Cl)cc1)c1ccc(Oc2ccccc2)cc1. The van der Waals surface area contributed by atoms with E-state index in [4.69, 9.17) is 16.3 Å². The van der Waals surface area contributed by atoms with Crippen molar-refractivity contribution >= 4 is 17.5 Å². The van der Waals surface area contributed by atoms with E-state index in [0.29, 0.717) is 22.9 Å². The molecular formula is C21H18ClNO2. The van der Waals surface area contributed by atoms with E-state index in [2.05, 4.69) is 5.32 Å². The van der Waals surface area contributed by atoms with Crippen LogP contribution in [0.1, 0.15) is 15.9 Å². The van der Waals surface area contributed by atoms with Crippen LogP contribution in [0.2, 0.25) is 5.02 Å². The second-order valence-electron chi connectivity index (χ2n) is 5.57. The highest BCUT2D eigenvalue weighted by molar-refractivity contribution is 6.30. The van der Waals surface area contributed by atoms with Crippen LogP contribution in [-0.2, 0) is 6.42 Å². The Bertz CT molecular complexity index is 815. The van der Waals surface area contributed by atoms with Crippen LogP contribution in [0, 0.1) is 0 Å². The number of halogens is 1. The smallest absolute Gasteiger partial charge is 0.251 e. The minimum atomic E-state index is -0.0970. The molecule has 0 aliphatic carbocycles. The number of rotatable bonds is 6. The lowest BCUT2D eigenvalue weighted by Crippen LogP contribution is -2.25. The fourth-order valence-corrected chi connectivity index (χ4v) is 2.50. The minimum absolute atomic E-state index is 0.0970.